The minimum atomic E-state index is -4.72. The summed E-state index contributed by atoms with van der Waals surface area (Å²) in [5, 5.41) is 12.7. The van der Waals surface area contributed by atoms with Gasteiger partial charge in [0.05, 0.1) is 27.5 Å². The maximum atomic E-state index is 11.0. The molecule has 11 heteroatoms. The summed E-state index contributed by atoms with van der Waals surface area (Å²) in [6.07, 6.45) is 0.606. The van der Waals surface area contributed by atoms with Gasteiger partial charge in [-0.25, -0.2) is 17.2 Å². The Balaban J connectivity index is 0.000000153. The number of hydrogen-bond donors (Lipinski definition) is 1. The topological polar surface area (TPSA) is 109 Å². The van der Waals surface area contributed by atoms with Crippen molar-refractivity contribution in [3.8, 4) is 0 Å². The third-order valence-corrected chi connectivity index (χ3v) is 14.4. The fourth-order valence-electron chi connectivity index (χ4n) is 6.88. The lowest BCUT2D eigenvalue weighted by atomic mass is 9.96. The summed E-state index contributed by atoms with van der Waals surface area (Å²) >= 11 is 0. The van der Waals surface area contributed by atoms with Crippen molar-refractivity contribution in [2.45, 2.75) is 67.5 Å². The van der Waals surface area contributed by atoms with Crippen LogP contribution in [-0.4, -0.2) is 37.3 Å². The van der Waals surface area contributed by atoms with Crippen LogP contribution in [0.25, 0.3) is 0 Å². The van der Waals surface area contributed by atoms with Crippen molar-refractivity contribution < 1.29 is 31.7 Å². The molecular formula is C46H45F2NO5S3. The van der Waals surface area contributed by atoms with E-state index in [2.05, 4.69) is 187 Å². The number of fused-ring (bicyclic) bond motifs is 2. The molecule has 6 aromatic rings. The molecule has 8 rings (SSSR count). The van der Waals surface area contributed by atoms with Gasteiger partial charge in [-0.2, -0.15) is 0 Å². The largest absolute Gasteiger partial charge is 0.748 e. The number of amides is 1. The summed E-state index contributed by atoms with van der Waals surface area (Å²) in [5.74, 6) is -0.192. The number of alkyl halides is 2. The lowest BCUT2D eigenvalue weighted by molar-refractivity contribution is -0.252. The molecule has 57 heavy (non-hydrogen) atoms. The van der Waals surface area contributed by atoms with E-state index in [1.54, 1.807) is 0 Å². The fourth-order valence-corrected chi connectivity index (χ4v) is 11.4. The van der Waals surface area contributed by atoms with Crippen molar-refractivity contribution in [3.05, 3.63) is 182 Å². The van der Waals surface area contributed by atoms with Crippen molar-refractivity contribution in [1.29, 1.82) is 0 Å². The quantitative estimate of drug-likeness (QED) is 0.115. The van der Waals surface area contributed by atoms with Crippen LogP contribution in [0.1, 0.15) is 25.7 Å². The van der Waals surface area contributed by atoms with E-state index in [0.29, 0.717) is 5.92 Å². The molecule has 2 aliphatic rings. The van der Waals surface area contributed by atoms with Gasteiger partial charge in [-0.1, -0.05) is 116 Å². The first-order valence-corrected chi connectivity index (χ1v) is 22.6. The molecule has 1 N–H and O–H groups in total. The molecule has 0 aliphatic heterocycles. The summed E-state index contributed by atoms with van der Waals surface area (Å²) < 4.78 is 50.1. The van der Waals surface area contributed by atoms with Gasteiger partial charge in [-0.15, -0.1) is 0 Å². The highest BCUT2D eigenvalue weighted by Gasteiger charge is 2.39. The summed E-state index contributed by atoms with van der Waals surface area (Å²) in [6, 6.07) is 64.5. The van der Waals surface area contributed by atoms with E-state index in [4.69, 9.17) is 0 Å². The Hall–Kier alpha value is -4.94. The number of hydrogen-bond acceptors (Lipinski definition) is 5. The molecule has 0 saturated heterocycles. The van der Waals surface area contributed by atoms with E-state index < -0.39 is 28.4 Å². The maximum Gasteiger partial charge on any atom is 0.251 e. The molecule has 2 saturated carbocycles. The smallest absolute Gasteiger partial charge is 0.251 e. The van der Waals surface area contributed by atoms with Gasteiger partial charge in [0.2, 0.25) is 0 Å². The van der Waals surface area contributed by atoms with Crippen molar-refractivity contribution >= 4 is 38.0 Å². The third-order valence-electron chi connectivity index (χ3n) is 9.24. The number of carboxylic acid groups (broad SMARTS) is 1. The van der Waals surface area contributed by atoms with Crippen LogP contribution in [0.3, 0.4) is 0 Å². The van der Waals surface area contributed by atoms with Gasteiger partial charge in [-0.05, 0) is 104 Å². The first-order valence-electron chi connectivity index (χ1n) is 18.6. The van der Waals surface area contributed by atoms with Gasteiger partial charge in [0, 0.05) is 6.04 Å². The molecule has 3 unspecified atom stereocenters. The van der Waals surface area contributed by atoms with Crippen molar-refractivity contribution in [2.24, 2.45) is 11.8 Å². The summed E-state index contributed by atoms with van der Waals surface area (Å²) in [7, 11) is -4.75. The molecule has 0 radical (unpaired) electrons. The Bertz CT molecular complexity index is 1850. The normalized spacial score (nSPS) is 16.7. The molecule has 3 atom stereocenters. The highest BCUT2D eigenvalue weighted by atomic mass is 32.2. The van der Waals surface area contributed by atoms with Crippen LogP contribution in [0.5, 0.6) is 0 Å². The van der Waals surface area contributed by atoms with Crippen molar-refractivity contribution in [2.75, 3.05) is 5.75 Å². The lowest BCUT2D eigenvalue weighted by Gasteiger charge is -2.23. The van der Waals surface area contributed by atoms with Crippen LogP contribution < -0.4 is 10.4 Å². The fraction of sp³-hybridized carbons (Fsp3) is 0.196. The minimum Gasteiger partial charge on any atom is -0.748 e. The molecule has 2 fully saturated rings. The van der Waals surface area contributed by atoms with Gasteiger partial charge in [0.15, 0.2) is 29.4 Å². The van der Waals surface area contributed by atoms with E-state index in [1.165, 1.54) is 48.6 Å². The van der Waals surface area contributed by atoms with Crippen LogP contribution in [0.2, 0.25) is 0 Å². The molecule has 0 spiro atoms. The number of benzene rings is 6. The number of halogens is 2. The molecule has 0 heterocycles. The summed E-state index contributed by atoms with van der Waals surface area (Å²) in [5.41, 5.74) is 0. The number of carbonyl (C=O) groups excluding carboxylic acids is 1. The Morgan fingerprint density at radius 3 is 1.04 bits per heavy atom. The van der Waals surface area contributed by atoms with E-state index in [0.717, 1.165) is 12.3 Å². The molecule has 1 amide bonds. The van der Waals surface area contributed by atoms with Gasteiger partial charge < -0.3 is 19.8 Å². The van der Waals surface area contributed by atoms with Crippen LogP contribution in [-0.2, 0) is 31.9 Å². The summed E-state index contributed by atoms with van der Waals surface area (Å²) in [4.78, 5) is 18.4. The lowest BCUT2D eigenvalue weighted by Crippen LogP contribution is -2.45. The highest BCUT2D eigenvalue weighted by molar-refractivity contribution is 7.97. The SMILES string of the molecule is O=C([O-])NC1CC2CCC1C2.O=S(=O)([O-])CC(F)F.c1ccc([S+](c2ccccc2)c2ccccc2)cc1.c1ccc([S+](c2ccccc2)c2ccccc2)cc1. The van der Waals surface area contributed by atoms with Gasteiger partial charge in [-0.3, -0.25) is 0 Å². The minimum absolute atomic E-state index is 0.0146. The molecule has 296 valence electrons. The highest BCUT2D eigenvalue weighted by Crippen LogP contribution is 2.44. The maximum absolute atomic E-state index is 11.0. The van der Waals surface area contributed by atoms with Gasteiger partial charge >= 0.3 is 0 Å². The zero-order valence-electron chi connectivity index (χ0n) is 31.2. The van der Waals surface area contributed by atoms with E-state index in [9.17, 15) is 31.7 Å². The molecule has 6 nitrogen and oxygen atoms in total. The first-order chi connectivity index (χ1) is 27.6. The molecule has 2 bridgehead atoms. The number of rotatable bonds is 9. The predicted octanol–water partition coefficient (Wildman–Crippen LogP) is 9.47. The Morgan fingerprint density at radius 1 is 0.561 bits per heavy atom. The zero-order valence-corrected chi connectivity index (χ0v) is 33.6. The number of carbonyl (C=O) groups is 1. The van der Waals surface area contributed by atoms with E-state index >= 15 is 0 Å². The Labute approximate surface area is 340 Å². The monoisotopic (exact) mass is 825 g/mol. The van der Waals surface area contributed by atoms with Crippen LogP contribution in [0, 0.1) is 11.8 Å². The molecular weight excluding hydrogens is 781 g/mol. The van der Waals surface area contributed by atoms with E-state index in [-0.39, 0.29) is 27.8 Å². The Morgan fingerprint density at radius 2 is 0.860 bits per heavy atom. The summed E-state index contributed by atoms with van der Waals surface area (Å²) in [6.45, 7) is 0. The zero-order chi connectivity index (χ0) is 40.5. The predicted molar refractivity (Wildman–Crippen MR) is 221 cm³/mol. The first kappa shape index (κ1) is 43.2. The average Bonchev–Trinajstić information content (AvgIpc) is 3.84. The Kier molecular flexibility index (Phi) is 16.8. The van der Waals surface area contributed by atoms with Crippen LogP contribution in [0.4, 0.5) is 13.6 Å². The van der Waals surface area contributed by atoms with Crippen LogP contribution in [0.15, 0.2) is 211 Å². The molecule has 6 aromatic carbocycles. The number of nitrogens with one attached hydrogen (secondary N) is 1. The molecule has 0 aromatic heterocycles. The average molecular weight is 826 g/mol. The second-order valence-corrected chi connectivity index (χ2v) is 18.8. The van der Waals surface area contributed by atoms with Crippen LogP contribution >= 0.6 is 0 Å². The molecule has 2 aliphatic carbocycles. The second kappa shape index (κ2) is 22.1. The van der Waals surface area contributed by atoms with E-state index in [1.807, 2.05) is 0 Å². The van der Waals surface area contributed by atoms with Crippen molar-refractivity contribution in [1.82, 2.24) is 5.32 Å². The third kappa shape index (κ3) is 14.2. The second-order valence-electron chi connectivity index (χ2n) is 13.3. The van der Waals surface area contributed by atoms with Gasteiger partial charge in [0.1, 0.15) is 16.2 Å². The van der Waals surface area contributed by atoms with Gasteiger partial charge in [0.25, 0.3) is 6.43 Å². The van der Waals surface area contributed by atoms with Crippen molar-refractivity contribution in [3.63, 3.8) is 0 Å². The standard InChI is InChI=1S/2C18H15S.C8H13NO2.C2H4F2O3S/c2*1-4-10-16(11-5-1)19(17-12-6-2-7-13-17)18-14-8-3-9-15-18;10-8(11)9-7-4-5-1-2-6(7)3-5;3-2(4)1-8(5,6)7/h2*1-15H;5-7,9H,1-4H2,(H,10,11);2H,1H2,(H,5,6,7)/q2*+1;;/p-2.